The lowest BCUT2D eigenvalue weighted by atomic mass is 10.1. The van der Waals surface area contributed by atoms with E-state index in [9.17, 15) is 8.42 Å². The van der Waals surface area contributed by atoms with E-state index in [-0.39, 0.29) is 6.04 Å². The van der Waals surface area contributed by atoms with Crippen LogP contribution in [0.1, 0.15) is 23.8 Å². The first-order chi connectivity index (χ1) is 9.98. The second-order valence-corrected chi connectivity index (χ2v) is 7.24. The molecule has 1 unspecified atom stereocenters. The van der Waals surface area contributed by atoms with E-state index < -0.39 is 10.0 Å². The smallest absolute Gasteiger partial charge is 0.244 e. The number of hydrogen-bond acceptors (Lipinski definition) is 3. The summed E-state index contributed by atoms with van der Waals surface area (Å²) in [7, 11) is -3.55. The van der Waals surface area contributed by atoms with Gasteiger partial charge in [0.2, 0.25) is 10.0 Å². The molecule has 110 valence electrons. The number of aryl methyl sites for hydroxylation is 1. The van der Waals surface area contributed by atoms with Gasteiger partial charge in [0, 0.05) is 6.54 Å². The van der Waals surface area contributed by atoms with E-state index in [1.54, 1.807) is 42.7 Å². The molecule has 0 saturated carbocycles. The maximum Gasteiger partial charge on any atom is 0.244 e. The normalized spacial score (nSPS) is 20.0. The van der Waals surface area contributed by atoms with Crippen LogP contribution < -0.4 is 0 Å². The summed E-state index contributed by atoms with van der Waals surface area (Å²) in [5, 5.41) is 0. The Bertz CT molecular complexity index is 745. The number of nitrogens with zero attached hydrogens (tertiary/aromatic N) is 1. The Labute approximate surface area is 124 Å². The Kier molecular flexibility index (Phi) is 3.47. The second-order valence-electron chi connectivity index (χ2n) is 5.35. The molecule has 1 saturated heterocycles. The van der Waals surface area contributed by atoms with Gasteiger partial charge in [0.1, 0.15) is 5.76 Å². The third-order valence-corrected chi connectivity index (χ3v) is 5.58. The molecule has 21 heavy (non-hydrogen) atoms. The van der Waals surface area contributed by atoms with Crippen LogP contribution in [0.25, 0.3) is 0 Å². The zero-order chi connectivity index (χ0) is 15.0. The van der Waals surface area contributed by atoms with Crippen molar-refractivity contribution in [3.8, 4) is 0 Å². The third-order valence-electron chi connectivity index (χ3n) is 3.71. The van der Waals surface area contributed by atoms with Gasteiger partial charge in [-0.1, -0.05) is 29.8 Å². The van der Waals surface area contributed by atoms with E-state index >= 15 is 0 Å². The average molecular weight is 303 g/mol. The molecule has 1 fully saturated rings. The highest BCUT2D eigenvalue weighted by Crippen LogP contribution is 2.38. The fraction of sp³-hybridized carbons (Fsp3) is 0.250. The van der Waals surface area contributed by atoms with Crippen LogP contribution in [0.3, 0.4) is 0 Å². The largest absolute Gasteiger partial charge is 0.468 e. The second kappa shape index (κ2) is 5.16. The zero-order valence-corrected chi connectivity index (χ0v) is 12.6. The molecule has 1 aromatic carbocycles. The number of sulfonamides is 1. The van der Waals surface area contributed by atoms with Gasteiger partial charge in [0.25, 0.3) is 0 Å². The fourth-order valence-electron chi connectivity index (χ4n) is 2.59. The highest BCUT2D eigenvalue weighted by molar-refractivity contribution is 7.89. The average Bonchev–Trinajstić information content (AvgIpc) is 3.08. The molecule has 1 aromatic heterocycles. The molecule has 4 nitrogen and oxygen atoms in total. The maximum atomic E-state index is 12.8. The summed E-state index contributed by atoms with van der Waals surface area (Å²) in [5.41, 5.74) is 1.93. The topological polar surface area (TPSA) is 50.5 Å². The van der Waals surface area contributed by atoms with Crippen molar-refractivity contribution >= 4 is 10.0 Å². The fourth-order valence-corrected chi connectivity index (χ4v) is 4.21. The van der Waals surface area contributed by atoms with Crippen molar-refractivity contribution in [3.63, 3.8) is 0 Å². The van der Waals surface area contributed by atoms with Crippen molar-refractivity contribution in [1.82, 2.24) is 4.31 Å². The number of rotatable bonds is 3. The minimum atomic E-state index is -3.55. The highest BCUT2D eigenvalue weighted by Gasteiger charge is 2.39. The van der Waals surface area contributed by atoms with Crippen LogP contribution in [0.5, 0.6) is 0 Å². The van der Waals surface area contributed by atoms with Crippen LogP contribution in [0.15, 0.2) is 64.1 Å². The predicted molar refractivity (Wildman–Crippen MR) is 80.3 cm³/mol. The quantitative estimate of drug-likeness (QED) is 0.818. The van der Waals surface area contributed by atoms with Gasteiger partial charge in [-0.2, -0.15) is 4.31 Å². The first-order valence-corrected chi connectivity index (χ1v) is 8.21. The van der Waals surface area contributed by atoms with Gasteiger partial charge in [-0.15, -0.1) is 0 Å². The van der Waals surface area contributed by atoms with E-state index in [4.69, 9.17) is 4.42 Å². The minimum Gasteiger partial charge on any atom is -0.468 e. The predicted octanol–water partition coefficient (Wildman–Crippen LogP) is 3.28. The van der Waals surface area contributed by atoms with E-state index in [0.29, 0.717) is 23.6 Å². The maximum absolute atomic E-state index is 12.8. The van der Waals surface area contributed by atoms with Gasteiger partial charge in [-0.3, -0.25) is 0 Å². The third kappa shape index (κ3) is 2.54. The van der Waals surface area contributed by atoms with E-state index in [1.807, 2.05) is 6.92 Å². The Morgan fingerprint density at radius 3 is 2.57 bits per heavy atom. The molecule has 3 rings (SSSR count). The van der Waals surface area contributed by atoms with E-state index in [1.165, 1.54) is 4.31 Å². The van der Waals surface area contributed by atoms with Crippen molar-refractivity contribution < 1.29 is 12.8 Å². The molecule has 0 bridgehead atoms. The molecule has 0 N–H and O–H groups in total. The lowest BCUT2D eigenvalue weighted by Crippen LogP contribution is -2.30. The summed E-state index contributed by atoms with van der Waals surface area (Å²) in [6, 6.07) is 10.2. The summed E-state index contributed by atoms with van der Waals surface area (Å²) in [6.07, 6.45) is 2.16. The summed E-state index contributed by atoms with van der Waals surface area (Å²) >= 11 is 0. The lowest BCUT2D eigenvalue weighted by Gasteiger charge is -2.22. The van der Waals surface area contributed by atoms with Gasteiger partial charge in [-0.25, -0.2) is 8.42 Å². The van der Waals surface area contributed by atoms with Crippen LogP contribution in [0, 0.1) is 6.92 Å². The van der Waals surface area contributed by atoms with Crippen molar-refractivity contribution in [3.05, 3.63) is 66.1 Å². The van der Waals surface area contributed by atoms with Gasteiger partial charge >= 0.3 is 0 Å². The molecule has 0 amide bonds. The van der Waals surface area contributed by atoms with Gasteiger partial charge in [0.15, 0.2) is 0 Å². The molecular weight excluding hydrogens is 286 g/mol. The van der Waals surface area contributed by atoms with Crippen LogP contribution >= 0.6 is 0 Å². The standard InChI is InChI=1S/C16H17NO3S/c1-12-5-7-14(8-6-12)21(18,19)17-11-13(2)10-15(17)16-4-3-9-20-16/h3-9,15H,2,10-11H2,1H3. The molecule has 0 aliphatic carbocycles. The van der Waals surface area contributed by atoms with Gasteiger partial charge < -0.3 is 4.42 Å². The van der Waals surface area contributed by atoms with Crippen LogP contribution in [-0.2, 0) is 10.0 Å². The van der Waals surface area contributed by atoms with Crippen molar-refractivity contribution in [2.24, 2.45) is 0 Å². The Balaban J connectivity index is 2.00. The van der Waals surface area contributed by atoms with Crippen LogP contribution in [-0.4, -0.2) is 19.3 Å². The molecule has 1 aliphatic rings. The molecular formula is C16H17NO3S. The van der Waals surface area contributed by atoms with Crippen LogP contribution in [0.2, 0.25) is 0 Å². The summed E-state index contributed by atoms with van der Waals surface area (Å²) in [5.74, 6) is 0.657. The Hall–Kier alpha value is -1.85. The highest BCUT2D eigenvalue weighted by atomic mass is 32.2. The number of furan rings is 1. The first kappa shape index (κ1) is 14.1. The molecule has 2 heterocycles. The van der Waals surface area contributed by atoms with E-state index in [0.717, 1.165) is 11.1 Å². The number of hydrogen-bond donors (Lipinski definition) is 0. The minimum absolute atomic E-state index is 0.305. The van der Waals surface area contributed by atoms with Crippen molar-refractivity contribution in [2.45, 2.75) is 24.3 Å². The number of benzene rings is 1. The molecule has 1 atom stereocenters. The molecule has 0 radical (unpaired) electrons. The van der Waals surface area contributed by atoms with Gasteiger partial charge in [0.05, 0.1) is 17.2 Å². The summed E-state index contributed by atoms with van der Waals surface area (Å²) in [4.78, 5) is 0.305. The van der Waals surface area contributed by atoms with Gasteiger partial charge in [-0.05, 0) is 37.6 Å². The molecule has 5 heteroatoms. The lowest BCUT2D eigenvalue weighted by molar-refractivity contribution is 0.340. The molecule has 0 spiro atoms. The summed E-state index contributed by atoms with van der Waals surface area (Å²) < 4.78 is 32.6. The SMILES string of the molecule is C=C1CC(c2ccco2)N(S(=O)(=O)c2ccc(C)cc2)C1. The monoisotopic (exact) mass is 303 g/mol. The van der Waals surface area contributed by atoms with Crippen molar-refractivity contribution in [2.75, 3.05) is 6.54 Å². The van der Waals surface area contributed by atoms with E-state index in [2.05, 4.69) is 6.58 Å². The van der Waals surface area contributed by atoms with Crippen molar-refractivity contribution in [1.29, 1.82) is 0 Å². The molecule has 1 aliphatic heterocycles. The Morgan fingerprint density at radius 2 is 1.95 bits per heavy atom. The van der Waals surface area contributed by atoms with Crippen LogP contribution in [0.4, 0.5) is 0 Å². The first-order valence-electron chi connectivity index (χ1n) is 6.77. The summed E-state index contributed by atoms with van der Waals surface area (Å²) in [6.45, 7) is 6.20. The molecule has 2 aromatic rings. The Morgan fingerprint density at radius 1 is 1.24 bits per heavy atom. The zero-order valence-electron chi connectivity index (χ0n) is 11.8.